The standard InChI is InChI=1S/C17H20BrNOS/c1-3-19-16(15-6-4-5-7-17(15)20-2)12-21-14-10-8-13(18)9-11-14/h4-11,16,19H,3,12H2,1-2H3. The lowest BCUT2D eigenvalue weighted by molar-refractivity contribution is 0.403. The van der Waals surface area contributed by atoms with Crippen LogP contribution in [0.3, 0.4) is 0 Å². The molecule has 2 rings (SSSR count). The third-order valence-electron chi connectivity index (χ3n) is 3.20. The van der Waals surface area contributed by atoms with E-state index in [2.05, 4.69) is 64.6 Å². The smallest absolute Gasteiger partial charge is 0.123 e. The summed E-state index contributed by atoms with van der Waals surface area (Å²) in [5.41, 5.74) is 1.21. The summed E-state index contributed by atoms with van der Waals surface area (Å²) >= 11 is 5.32. The molecule has 1 unspecified atom stereocenters. The first-order valence-electron chi connectivity index (χ1n) is 6.99. The number of halogens is 1. The Morgan fingerprint density at radius 3 is 2.52 bits per heavy atom. The van der Waals surface area contributed by atoms with E-state index in [4.69, 9.17) is 4.74 Å². The van der Waals surface area contributed by atoms with Gasteiger partial charge < -0.3 is 10.1 Å². The Morgan fingerprint density at radius 2 is 1.86 bits per heavy atom. The van der Waals surface area contributed by atoms with Gasteiger partial charge in [0.15, 0.2) is 0 Å². The minimum Gasteiger partial charge on any atom is -0.496 e. The van der Waals surface area contributed by atoms with E-state index in [1.807, 2.05) is 23.9 Å². The van der Waals surface area contributed by atoms with Crippen molar-refractivity contribution in [1.82, 2.24) is 5.32 Å². The van der Waals surface area contributed by atoms with Gasteiger partial charge >= 0.3 is 0 Å². The Hall–Kier alpha value is -0.970. The van der Waals surface area contributed by atoms with Crippen LogP contribution in [-0.4, -0.2) is 19.4 Å². The highest BCUT2D eigenvalue weighted by Crippen LogP contribution is 2.30. The summed E-state index contributed by atoms with van der Waals surface area (Å²) in [6, 6.07) is 16.9. The molecular formula is C17H20BrNOS. The molecule has 112 valence electrons. The minimum atomic E-state index is 0.278. The van der Waals surface area contributed by atoms with Crippen molar-refractivity contribution >= 4 is 27.7 Å². The Kier molecular flexibility index (Phi) is 6.61. The normalized spacial score (nSPS) is 12.1. The lowest BCUT2D eigenvalue weighted by Crippen LogP contribution is -2.23. The molecule has 0 saturated carbocycles. The molecule has 2 aromatic carbocycles. The molecule has 0 spiro atoms. The Morgan fingerprint density at radius 1 is 1.14 bits per heavy atom. The lowest BCUT2D eigenvalue weighted by Gasteiger charge is -2.20. The number of benzene rings is 2. The van der Waals surface area contributed by atoms with E-state index in [1.54, 1.807) is 7.11 Å². The highest BCUT2D eigenvalue weighted by Gasteiger charge is 2.15. The van der Waals surface area contributed by atoms with E-state index in [9.17, 15) is 0 Å². The predicted molar refractivity (Wildman–Crippen MR) is 94.3 cm³/mol. The van der Waals surface area contributed by atoms with Gasteiger partial charge in [0.2, 0.25) is 0 Å². The van der Waals surface area contributed by atoms with Gasteiger partial charge in [-0.2, -0.15) is 0 Å². The van der Waals surface area contributed by atoms with Crippen molar-refractivity contribution in [3.63, 3.8) is 0 Å². The van der Waals surface area contributed by atoms with Crippen molar-refractivity contribution in [1.29, 1.82) is 0 Å². The van der Waals surface area contributed by atoms with E-state index in [0.717, 1.165) is 22.5 Å². The van der Waals surface area contributed by atoms with Crippen LogP contribution in [0.1, 0.15) is 18.5 Å². The molecule has 2 aromatic rings. The van der Waals surface area contributed by atoms with Crippen LogP contribution in [0.25, 0.3) is 0 Å². The second-order valence-electron chi connectivity index (χ2n) is 4.62. The van der Waals surface area contributed by atoms with Crippen LogP contribution < -0.4 is 10.1 Å². The fourth-order valence-corrected chi connectivity index (χ4v) is 3.42. The van der Waals surface area contributed by atoms with Crippen molar-refractivity contribution in [2.75, 3.05) is 19.4 Å². The SMILES string of the molecule is CCNC(CSc1ccc(Br)cc1)c1ccccc1OC. The third kappa shape index (κ3) is 4.77. The minimum absolute atomic E-state index is 0.278. The molecule has 0 aromatic heterocycles. The van der Waals surface area contributed by atoms with Crippen LogP contribution in [0, 0.1) is 0 Å². The van der Waals surface area contributed by atoms with Gasteiger partial charge in [0.1, 0.15) is 5.75 Å². The second-order valence-corrected chi connectivity index (χ2v) is 6.63. The highest BCUT2D eigenvalue weighted by molar-refractivity contribution is 9.10. The first kappa shape index (κ1) is 16.4. The summed E-state index contributed by atoms with van der Waals surface area (Å²) in [5, 5.41) is 3.55. The quantitative estimate of drug-likeness (QED) is 0.705. The summed E-state index contributed by atoms with van der Waals surface area (Å²) < 4.78 is 6.60. The second kappa shape index (κ2) is 8.47. The van der Waals surface area contributed by atoms with Crippen molar-refractivity contribution < 1.29 is 4.74 Å². The maximum absolute atomic E-state index is 5.48. The zero-order valence-corrected chi connectivity index (χ0v) is 14.7. The van der Waals surface area contributed by atoms with Gasteiger partial charge in [-0.1, -0.05) is 41.1 Å². The molecule has 0 radical (unpaired) electrons. The van der Waals surface area contributed by atoms with E-state index >= 15 is 0 Å². The number of rotatable bonds is 7. The van der Waals surface area contributed by atoms with Crippen molar-refractivity contribution in [3.8, 4) is 5.75 Å². The summed E-state index contributed by atoms with van der Waals surface area (Å²) in [6.45, 7) is 3.07. The van der Waals surface area contributed by atoms with Gasteiger partial charge in [-0.15, -0.1) is 11.8 Å². The molecule has 4 heteroatoms. The van der Waals surface area contributed by atoms with Crippen LogP contribution in [0.4, 0.5) is 0 Å². The number of ether oxygens (including phenoxy) is 1. The number of hydrogen-bond acceptors (Lipinski definition) is 3. The van der Waals surface area contributed by atoms with Crippen LogP contribution in [0.15, 0.2) is 57.9 Å². The van der Waals surface area contributed by atoms with E-state index < -0.39 is 0 Å². The van der Waals surface area contributed by atoms with E-state index in [0.29, 0.717) is 0 Å². The molecule has 2 nitrogen and oxygen atoms in total. The van der Waals surface area contributed by atoms with Crippen LogP contribution in [0.5, 0.6) is 5.75 Å². The number of hydrogen-bond donors (Lipinski definition) is 1. The van der Waals surface area contributed by atoms with Gasteiger partial charge in [-0.3, -0.25) is 0 Å². The van der Waals surface area contributed by atoms with Crippen molar-refractivity contribution in [2.45, 2.75) is 17.9 Å². The first-order chi connectivity index (χ1) is 10.2. The molecule has 0 fully saturated rings. The number of thioether (sulfide) groups is 1. The number of para-hydroxylation sites is 1. The maximum Gasteiger partial charge on any atom is 0.123 e. The van der Waals surface area contributed by atoms with Gasteiger partial charge in [0.25, 0.3) is 0 Å². The monoisotopic (exact) mass is 365 g/mol. The fourth-order valence-electron chi connectivity index (χ4n) is 2.17. The predicted octanol–water partition coefficient (Wildman–Crippen LogP) is 4.90. The summed E-state index contributed by atoms with van der Waals surface area (Å²) in [4.78, 5) is 1.27. The van der Waals surface area contributed by atoms with Crippen LogP contribution in [-0.2, 0) is 0 Å². The molecular weight excluding hydrogens is 346 g/mol. The summed E-state index contributed by atoms with van der Waals surface area (Å²) in [6.07, 6.45) is 0. The first-order valence-corrected chi connectivity index (χ1v) is 8.77. The zero-order chi connectivity index (χ0) is 15.1. The average molecular weight is 366 g/mol. The van der Waals surface area contributed by atoms with Gasteiger partial charge in [-0.25, -0.2) is 0 Å². The molecule has 0 heterocycles. The topological polar surface area (TPSA) is 21.3 Å². The molecule has 0 aliphatic rings. The molecule has 1 atom stereocenters. The molecule has 1 N–H and O–H groups in total. The molecule has 0 aliphatic heterocycles. The van der Waals surface area contributed by atoms with Crippen LogP contribution >= 0.6 is 27.7 Å². The Bertz CT molecular complexity index is 559. The Labute approximate surface area is 139 Å². The molecule has 21 heavy (non-hydrogen) atoms. The highest BCUT2D eigenvalue weighted by atomic mass is 79.9. The molecule has 0 saturated heterocycles. The van der Waals surface area contributed by atoms with Crippen LogP contribution in [0.2, 0.25) is 0 Å². The zero-order valence-electron chi connectivity index (χ0n) is 12.3. The van der Waals surface area contributed by atoms with E-state index in [-0.39, 0.29) is 6.04 Å². The van der Waals surface area contributed by atoms with Gasteiger partial charge in [0, 0.05) is 26.7 Å². The van der Waals surface area contributed by atoms with Crippen molar-refractivity contribution in [2.24, 2.45) is 0 Å². The van der Waals surface area contributed by atoms with E-state index in [1.165, 1.54) is 10.5 Å². The largest absolute Gasteiger partial charge is 0.496 e. The average Bonchev–Trinajstić information content (AvgIpc) is 2.53. The van der Waals surface area contributed by atoms with Gasteiger partial charge in [0.05, 0.1) is 7.11 Å². The fraction of sp³-hybridized carbons (Fsp3) is 0.294. The summed E-state index contributed by atoms with van der Waals surface area (Å²) in [7, 11) is 1.73. The summed E-state index contributed by atoms with van der Waals surface area (Å²) in [5.74, 6) is 1.91. The molecule has 0 bridgehead atoms. The van der Waals surface area contributed by atoms with Gasteiger partial charge in [-0.05, 0) is 36.9 Å². The number of nitrogens with one attached hydrogen (secondary N) is 1. The third-order valence-corrected chi connectivity index (χ3v) is 4.83. The lowest BCUT2D eigenvalue weighted by atomic mass is 10.1. The number of methoxy groups -OCH3 is 1. The molecule has 0 amide bonds. The molecule has 0 aliphatic carbocycles. The Balaban J connectivity index is 2.10. The maximum atomic E-state index is 5.48. The van der Waals surface area contributed by atoms with Crippen molar-refractivity contribution in [3.05, 3.63) is 58.6 Å².